The van der Waals surface area contributed by atoms with E-state index >= 15 is 0 Å². The average molecular weight is 287 g/mol. The Morgan fingerprint density at radius 1 is 1.30 bits per heavy atom. The van der Waals surface area contributed by atoms with E-state index in [-0.39, 0.29) is 12.0 Å². The topological polar surface area (TPSA) is 21.3 Å². The molecule has 1 aromatic rings. The zero-order valence-corrected chi connectivity index (χ0v) is 11.5. The van der Waals surface area contributed by atoms with Crippen molar-refractivity contribution in [2.45, 2.75) is 38.1 Å². The number of nitrogens with one attached hydrogen (secondary N) is 1. The predicted octanol–water partition coefficient (Wildman–Crippen LogP) is 3.69. The van der Waals surface area contributed by atoms with E-state index in [1.54, 1.807) is 6.92 Å². The summed E-state index contributed by atoms with van der Waals surface area (Å²) in [5.74, 6) is 0.230. The van der Waals surface area contributed by atoms with Crippen molar-refractivity contribution >= 4 is 0 Å². The number of alkyl halides is 3. The second kappa shape index (κ2) is 6.59. The normalized spacial score (nSPS) is 24.8. The molecule has 3 atom stereocenters. The summed E-state index contributed by atoms with van der Waals surface area (Å²) in [6.45, 7) is 2.79. The predicted molar refractivity (Wildman–Crippen MR) is 71.4 cm³/mol. The molecule has 1 aliphatic heterocycles. The molecule has 2 nitrogen and oxygen atoms in total. The van der Waals surface area contributed by atoms with Gasteiger partial charge in [-0.3, -0.25) is 0 Å². The molecule has 0 amide bonds. The standard InChI is InChI=1S/C15H20F3NO/c1-11(9-15(16,17)18)19-10-13-7-8-20-14(13)12-5-3-2-4-6-12/h2-6,11,13-14,19H,7-10H2,1H3/t11?,13-,14-/m1/s1. The Kier molecular flexibility index (Phi) is 5.05. The van der Waals surface area contributed by atoms with Crippen LogP contribution < -0.4 is 5.32 Å². The van der Waals surface area contributed by atoms with Crippen molar-refractivity contribution in [3.05, 3.63) is 35.9 Å². The molecule has 20 heavy (non-hydrogen) atoms. The van der Waals surface area contributed by atoms with Crippen molar-refractivity contribution in [2.24, 2.45) is 5.92 Å². The fraction of sp³-hybridized carbons (Fsp3) is 0.600. The van der Waals surface area contributed by atoms with Gasteiger partial charge < -0.3 is 10.1 Å². The fourth-order valence-electron chi connectivity index (χ4n) is 2.63. The molecule has 1 aromatic carbocycles. The highest BCUT2D eigenvalue weighted by molar-refractivity contribution is 5.19. The summed E-state index contributed by atoms with van der Waals surface area (Å²) in [5.41, 5.74) is 1.10. The molecule has 1 N–H and O–H groups in total. The number of hydrogen-bond acceptors (Lipinski definition) is 2. The van der Waals surface area contributed by atoms with Crippen LogP contribution in [0, 0.1) is 5.92 Å². The van der Waals surface area contributed by atoms with Gasteiger partial charge in [-0.25, -0.2) is 0 Å². The molecular weight excluding hydrogens is 267 g/mol. The maximum absolute atomic E-state index is 12.3. The molecular formula is C15H20F3NO. The third-order valence-electron chi connectivity index (χ3n) is 3.61. The van der Waals surface area contributed by atoms with E-state index in [0.29, 0.717) is 13.2 Å². The van der Waals surface area contributed by atoms with Crippen LogP contribution in [0.25, 0.3) is 0 Å². The Balaban J connectivity index is 1.86. The number of hydrogen-bond donors (Lipinski definition) is 1. The van der Waals surface area contributed by atoms with Crippen LogP contribution in [0.4, 0.5) is 13.2 Å². The molecule has 1 unspecified atom stereocenters. The third kappa shape index (κ3) is 4.49. The second-order valence-electron chi connectivity index (χ2n) is 5.38. The van der Waals surface area contributed by atoms with Gasteiger partial charge in [-0.05, 0) is 18.9 Å². The third-order valence-corrected chi connectivity index (χ3v) is 3.61. The van der Waals surface area contributed by atoms with Crippen LogP contribution >= 0.6 is 0 Å². The lowest BCUT2D eigenvalue weighted by atomic mass is 9.95. The molecule has 2 rings (SSSR count). The molecule has 1 saturated heterocycles. The van der Waals surface area contributed by atoms with E-state index in [9.17, 15) is 13.2 Å². The van der Waals surface area contributed by atoms with Gasteiger partial charge in [0.2, 0.25) is 0 Å². The van der Waals surface area contributed by atoms with Crippen molar-refractivity contribution in [1.29, 1.82) is 0 Å². The highest BCUT2D eigenvalue weighted by Gasteiger charge is 2.32. The lowest BCUT2D eigenvalue weighted by Crippen LogP contribution is -2.35. The summed E-state index contributed by atoms with van der Waals surface area (Å²) in [6, 6.07) is 9.29. The Morgan fingerprint density at radius 2 is 2.00 bits per heavy atom. The van der Waals surface area contributed by atoms with Gasteiger partial charge in [-0.2, -0.15) is 13.2 Å². The summed E-state index contributed by atoms with van der Waals surface area (Å²) in [5, 5.41) is 2.98. The minimum Gasteiger partial charge on any atom is -0.373 e. The monoisotopic (exact) mass is 287 g/mol. The van der Waals surface area contributed by atoms with Gasteiger partial charge in [-0.15, -0.1) is 0 Å². The molecule has 1 fully saturated rings. The first-order chi connectivity index (χ1) is 9.46. The maximum Gasteiger partial charge on any atom is 0.390 e. The highest BCUT2D eigenvalue weighted by Crippen LogP contribution is 2.34. The Hall–Kier alpha value is -1.07. The minimum absolute atomic E-state index is 0.0122. The van der Waals surface area contributed by atoms with Gasteiger partial charge in [0.25, 0.3) is 0 Å². The van der Waals surface area contributed by atoms with Crippen molar-refractivity contribution in [3.63, 3.8) is 0 Å². The minimum atomic E-state index is -4.11. The van der Waals surface area contributed by atoms with Crippen molar-refractivity contribution in [1.82, 2.24) is 5.32 Å². The molecule has 112 valence electrons. The van der Waals surface area contributed by atoms with Crippen molar-refractivity contribution in [2.75, 3.05) is 13.2 Å². The fourth-order valence-corrected chi connectivity index (χ4v) is 2.63. The number of halogens is 3. The molecule has 1 heterocycles. The van der Waals surface area contributed by atoms with Gasteiger partial charge >= 0.3 is 6.18 Å². The van der Waals surface area contributed by atoms with Crippen molar-refractivity contribution < 1.29 is 17.9 Å². The van der Waals surface area contributed by atoms with E-state index in [1.165, 1.54) is 0 Å². The SMILES string of the molecule is CC(CC(F)(F)F)NC[C@H]1CCO[C@@H]1c1ccccc1. The first kappa shape index (κ1) is 15.3. The summed E-state index contributed by atoms with van der Waals surface area (Å²) >= 11 is 0. The lowest BCUT2D eigenvalue weighted by Gasteiger charge is -2.22. The van der Waals surface area contributed by atoms with Crippen LogP contribution in [-0.4, -0.2) is 25.4 Å². The molecule has 0 spiro atoms. The van der Waals surface area contributed by atoms with E-state index in [4.69, 9.17) is 4.74 Å². The van der Waals surface area contributed by atoms with Gasteiger partial charge in [0.1, 0.15) is 0 Å². The van der Waals surface area contributed by atoms with E-state index in [0.717, 1.165) is 12.0 Å². The Bertz CT molecular complexity index is 407. The molecule has 5 heteroatoms. The summed E-state index contributed by atoms with van der Waals surface area (Å²) in [6.07, 6.45) is -4.04. The van der Waals surface area contributed by atoms with E-state index in [2.05, 4.69) is 5.32 Å². The van der Waals surface area contributed by atoms with Crippen LogP contribution in [-0.2, 0) is 4.74 Å². The zero-order valence-electron chi connectivity index (χ0n) is 11.5. The molecule has 0 bridgehead atoms. The summed E-state index contributed by atoms with van der Waals surface area (Å²) in [7, 11) is 0. The molecule has 1 aliphatic rings. The smallest absolute Gasteiger partial charge is 0.373 e. The number of ether oxygens (including phenoxy) is 1. The second-order valence-corrected chi connectivity index (χ2v) is 5.38. The Morgan fingerprint density at radius 3 is 2.65 bits per heavy atom. The number of rotatable bonds is 5. The molecule has 0 radical (unpaired) electrons. The molecule has 0 aromatic heterocycles. The highest BCUT2D eigenvalue weighted by atomic mass is 19.4. The van der Waals surface area contributed by atoms with Crippen LogP contribution in [0.2, 0.25) is 0 Å². The lowest BCUT2D eigenvalue weighted by molar-refractivity contribution is -0.139. The Labute approximate surface area is 117 Å². The van der Waals surface area contributed by atoms with Gasteiger partial charge in [-0.1, -0.05) is 30.3 Å². The van der Waals surface area contributed by atoms with Crippen LogP contribution in [0.15, 0.2) is 30.3 Å². The van der Waals surface area contributed by atoms with E-state index < -0.39 is 18.6 Å². The van der Waals surface area contributed by atoms with Gasteiger partial charge in [0.15, 0.2) is 0 Å². The average Bonchev–Trinajstić information content (AvgIpc) is 2.83. The number of benzene rings is 1. The zero-order chi connectivity index (χ0) is 14.6. The van der Waals surface area contributed by atoms with Crippen LogP contribution in [0.5, 0.6) is 0 Å². The summed E-state index contributed by atoms with van der Waals surface area (Å²) in [4.78, 5) is 0. The largest absolute Gasteiger partial charge is 0.390 e. The van der Waals surface area contributed by atoms with Crippen molar-refractivity contribution in [3.8, 4) is 0 Å². The first-order valence-corrected chi connectivity index (χ1v) is 6.92. The first-order valence-electron chi connectivity index (χ1n) is 6.92. The molecule has 0 aliphatic carbocycles. The van der Waals surface area contributed by atoms with Crippen LogP contribution in [0.3, 0.4) is 0 Å². The van der Waals surface area contributed by atoms with Gasteiger partial charge in [0, 0.05) is 25.1 Å². The van der Waals surface area contributed by atoms with E-state index in [1.807, 2.05) is 30.3 Å². The summed E-state index contributed by atoms with van der Waals surface area (Å²) < 4.78 is 42.6. The quantitative estimate of drug-likeness (QED) is 0.891. The molecule has 0 saturated carbocycles. The maximum atomic E-state index is 12.3. The van der Waals surface area contributed by atoms with Crippen LogP contribution in [0.1, 0.15) is 31.4 Å². The van der Waals surface area contributed by atoms with Gasteiger partial charge in [0.05, 0.1) is 12.5 Å².